The number of methoxy groups -OCH3 is 1. The predicted octanol–water partition coefficient (Wildman–Crippen LogP) is 2.55. The highest BCUT2D eigenvalue weighted by Crippen LogP contribution is 2.28. The van der Waals surface area contributed by atoms with Crippen LogP contribution in [0.4, 0.5) is 0 Å². The minimum absolute atomic E-state index is 0.0758. The Morgan fingerprint density at radius 3 is 2.26 bits per heavy atom. The summed E-state index contributed by atoms with van der Waals surface area (Å²) in [6.45, 7) is 2.79. The highest BCUT2D eigenvalue weighted by atomic mass is 16.5. The van der Waals surface area contributed by atoms with Crippen molar-refractivity contribution < 1.29 is 4.74 Å². The molecule has 0 spiro atoms. The third-order valence-corrected chi connectivity index (χ3v) is 3.58. The minimum Gasteiger partial charge on any atom is -0.497 e. The molecule has 1 aromatic heterocycles. The number of nitrogens with zero attached hydrogens (tertiary/aromatic N) is 1. The second-order valence-corrected chi connectivity index (χ2v) is 5.03. The number of hydrogen-bond acceptors (Lipinski definition) is 3. The zero-order chi connectivity index (χ0) is 13.7. The Kier molecular flexibility index (Phi) is 4.17. The maximum absolute atomic E-state index is 6.01. The van der Waals surface area contributed by atoms with Crippen LogP contribution in [0.25, 0.3) is 0 Å². The number of rotatable bonds is 5. The van der Waals surface area contributed by atoms with Crippen molar-refractivity contribution in [3.05, 3.63) is 59.9 Å². The van der Waals surface area contributed by atoms with Gasteiger partial charge in [0.1, 0.15) is 5.75 Å². The molecule has 0 saturated heterocycles. The summed E-state index contributed by atoms with van der Waals surface area (Å²) in [5, 5.41) is 0. The third kappa shape index (κ3) is 3.12. The summed E-state index contributed by atoms with van der Waals surface area (Å²) in [6.07, 6.45) is 4.54. The fourth-order valence-corrected chi connectivity index (χ4v) is 2.24. The average Bonchev–Trinajstić information content (AvgIpc) is 2.48. The van der Waals surface area contributed by atoms with Gasteiger partial charge >= 0.3 is 0 Å². The van der Waals surface area contributed by atoms with Gasteiger partial charge in [0.05, 0.1) is 7.11 Å². The van der Waals surface area contributed by atoms with E-state index in [1.165, 1.54) is 11.1 Å². The predicted molar refractivity (Wildman–Crippen MR) is 77.3 cm³/mol. The zero-order valence-corrected chi connectivity index (χ0v) is 11.5. The minimum atomic E-state index is -0.0758. The van der Waals surface area contributed by atoms with E-state index in [0.717, 1.165) is 12.2 Å². The molecule has 0 aliphatic carbocycles. The molecule has 0 aliphatic rings. The van der Waals surface area contributed by atoms with Crippen molar-refractivity contribution in [2.75, 3.05) is 13.7 Å². The lowest BCUT2D eigenvalue weighted by Crippen LogP contribution is -2.34. The Morgan fingerprint density at radius 1 is 1.11 bits per heavy atom. The first-order valence-corrected chi connectivity index (χ1v) is 6.41. The number of nitrogens with two attached hydrogens (primary N) is 1. The molecule has 1 atom stereocenters. The first-order valence-electron chi connectivity index (χ1n) is 6.41. The van der Waals surface area contributed by atoms with Crippen LogP contribution in [0.5, 0.6) is 5.75 Å². The van der Waals surface area contributed by atoms with Crippen LogP contribution in [0.3, 0.4) is 0 Å². The highest BCUT2D eigenvalue weighted by Gasteiger charge is 2.25. The van der Waals surface area contributed by atoms with Crippen LogP contribution in [-0.2, 0) is 11.8 Å². The topological polar surface area (TPSA) is 48.1 Å². The van der Waals surface area contributed by atoms with Gasteiger partial charge in [-0.05, 0) is 41.8 Å². The van der Waals surface area contributed by atoms with Crippen molar-refractivity contribution in [2.24, 2.45) is 5.73 Å². The molecule has 0 bridgehead atoms. The van der Waals surface area contributed by atoms with Crippen molar-refractivity contribution in [3.63, 3.8) is 0 Å². The highest BCUT2D eigenvalue weighted by molar-refractivity contribution is 5.34. The van der Waals surface area contributed by atoms with E-state index in [-0.39, 0.29) is 5.41 Å². The number of aromatic nitrogens is 1. The third-order valence-electron chi connectivity index (χ3n) is 3.58. The molecule has 2 aromatic rings. The van der Waals surface area contributed by atoms with Crippen molar-refractivity contribution in [2.45, 2.75) is 18.8 Å². The molecule has 1 heterocycles. The molecule has 0 amide bonds. The molecule has 100 valence electrons. The molecule has 1 aromatic carbocycles. The van der Waals surface area contributed by atoms with Crippen LogP contribution in [0.2, 0.25) is 0 Å². The Morgan fingerprint density at radius 2 is 1.74 bits per heavy atom. The fraction of sp³-hybridized carbons (Fsp3) is 0.312. The fourth-order valence-electron chi connectivity index (χ4n) is 2.24. The lowest BCUT2D eigenvalue weighted by Gasteiger charge is -2.29. The number of ether oxygens (including phenoxy) is 1. The first-order chi connectivity index (χ1) is 9.18. The van der Waals surface area contributed by atoms with Gasteiger partial charge in [-0.15, -0.1) is 0 Å². The largest absolute Gasteiger partial charge is 0.497 e. The molecule has 2 rings (SSSR count). The summed E-state index contributed by atoms with van der Waals surface area (Å²) in [4.78, 5) is 4.05. The first kappa shape index (κ1) is 13.6. The lowest BCUT2D eigenvalue weighted by atomic mass is 9.77. The van der Waals surface area contributed by atoms with Crippen molar-refractivity contribution in [1.82, 2.24) is 4.98 Å². The van der Waals surface area contributed by atoms with Gasteiger partial charge in [-0.1, -0.05) is 19.1 Å². The zero-order valence-electron chi connectivity index (χ0n) is 11.5. The summed E-state index contributed by atoms with van der Waals surface area (Å²) in [5.41, 5.74) is 8.41. The smallest absolute Gasteiger partial charge is 0.118 e. The van der Waals surface area contributed by atoms with Crippen molar-refractivity contribution >= 4 is 0 Å². The maximum atomic E-state index is 6.01. The van der Waals surface area contributed by atoms with Gasteiger partial charge in [-0.2, -0.15) is 0 Å². The molecule has 3 heteroatoms. The molecular weight excluding hydrogens is 236 g/mol. The molecule has 19 heavy (non-hydrogen) atoms. The molecule has 0 aliphatic heterocycles. The average molecular weight is 256 g/mol. The van der Waals surface area contributed by atoms with Gasteiger partial charge in [0.15, 0.2) is 0 Å². The number of pyridine rings is 1. The van der Waals surface area contributed by atoms with E-state index in [2.05, 4.69) is 24.0 Å². The monoisotopic (exact) mass is 256 g/mol. The summed E-state index contributed by atoms with van der Waals surface area (Å²) in [6, 6.07) is 12.2. The molecule has 3 nitrogen and oxygen atoms in total. The summed E-state index contributed by atoms with van der Waals surface area (Å²) in [5.74, 6) is 0.868. The van der Waals surface area contributed by atoms with E-state index in [0.29, 0.717) is 6.54 Å². The molecule has 0 saturated carbocycles. The van der Waals surface area contributed by atoms with Gasteiger partial charge in [-0.3, -0.25) is 4.98 Å². The van der Waals surface area contributed by atoms with Crippen LogP contribution in [0.1, 0.15) is 18.1 Å². The molecule has 2 N–H and O–H groups in total. The van der Waals surface area contributed by atoms with E-state index in [1.54, 1.807) is 7.11 Å². The number of benzene rings is 1. The van der Waals surface area contributed by atoms with Gasteiger partial charge in [0, 0.05) is 24.4 Å². The van der Waals surface area contributed by atoms with E-state index < -0.39 is 0 Å². The van der Waals surface area contributed by atoms with Gasteiger partial charge in [-0.25, -0.2) is 0 Å². The van der Waals surface area contributed by atoms with E-state index in [9.17, 15) is 0 Å². The Labute approximate surface area is 114 Å². The quantitative estimate of drug-likeness (QED) is 0.894. The maximum Gasteiger partial charge on any atom is 0.118 e. The Hall–Kier alpha value is -1.87. The number of hydrogen-bond donors (Lipinski definition) is 1. The molecule has 0 fully saturated rings. The van der Waals surface area contributed by atoms with Crippen LogP contribution in [-0.4, -0.2) is 18.6 Å². The van der Waals surface area contributed by atoms with Crippen LogP contribution in [0.15, 0.2) is 48.8 Å². The summed E-state index contributed by atoms with van der Waals surface area (Å²) >= 11 is 0. The van der Waals surface area contributed by atoms with Crippen molar-refractivity contribution in [1.29, 1.82) is 0 Å². The summed E-state index contributed by atoms with van der Waals surface area (Å²) in [7, 11) is 1.67. The van der Waals surface area contributed by atoms with Crippen LogP contribution in [0, 0.1) is 0 Å². The summed E-state index contributed by atoms with van der Waals surface area (Å²) < 4.78 is 5.19. The van der Waals surface area contributed by atoms with Gasteiger partial charge in [0.25, 0.3) is 0 Å². The Bertz CT molecular complexity index is 510. The standard InChI is InChI=1S/C16H20N2O/c1-16(12-17,11-13-7-9-18-10-8-13)14-3-5-15(19-2)6-4-14/h3-10H,11-12,17H2,1-2H3. The molecule has 1 unspecified atom stereocenters. The van der Waals surface area contributed by atoms with E-state index in [4.69, 9.17) is 10.5 Å². The van der Waals surface area contributed by atoms with Crippen molar-refractivity contribution in [3.8, 4) is 5.75 Å². The van der Waals surface area contributed by atoms with E-state index >= 15 is 0 Å². The SMILES string of the molecule is COc1ccc(C(C)(CN)Cc2ccncc2)cc1. The van der Waals surface area contributed by atoms with Gasteiger partial charge in [0.2, 0.25) is 0 Å². The second-order valence-electron chi connectivity index (χ2n) is 5.03. The van der Waals surface area contributed by atoms with Gasteiger partial charge < -0.3 is 10.5 Å². The van der Waals surface area contributed by atoms with E-state index in [1.807, 2.05) is 36.7 Å². The van der Waals surface area contributed by atoms with Crippen LogP contribution >= 0.6 is 0 Å². The Balaban J connectivity index is 2.25. The second kappa shape index (κ2) is 5.85. The normalized spacial score (nSPS) is 13.8. The molecule has 0 radical (unpaired) electrons. The lowest BCUT2D eigenvalue weighted by molar-refractivity contribution is 0.413. The molecular formula is C16H20N2O. The van der Waals surface area contributed by atoms with Crippen LogP contribution < -0.4 is 10.5 Å².